The smallest absolute Gasteiger partial charge is 0.237 e. The summed E-state index contributed by atoms with van der Waals surface area (Å²) in [5.74, 6) is -0.112. The van der Waals surface area contributed by atoms with Gasteiger partial charge in [0.15, 0.2) is 0 Å². The molecule has 1 aliphatic carbocycles. The normalized spacial score (nSPS) is 15.8. The van der Waals surface area contributed by atoms with Crippen molar-refractivity contribution in [3.05, 3.63) is 29.8 Å². The highest BCUT2D eigenvalue weighted by atomic mass is 32.1. The minimum atomic E-state index is -0.629. The van der Waals surface area contributed by atoms with E-state index >= 15 is 0 Å². The Morgan fingerprint density at radius 1 is 1.47 bits per heavy atom. The lowest BCUT2D eigenvalue weighted by atomic mass is 10.1. The number of aliphatic hydroxyl groups is 1. The first-order chi connectivity index (χ1) is 9.08. The van der Waals surface area contributed by atoms with Gasteiger partial charge < -0.3 is 16.2 Å². The molecule has 1 amide bonds. The Hall–Kier alpha value is -1.46. The number of amides is 1. The second-order valence-electron chi connectivity index (χ2n) is 4.93. The molecule has 5 heteroatoms. The van der Waals surface area contributed by atoms with Crippen LogP contribution < -0.4 is 11.1 Å². The van der Waals surface area contributed by atoms with Gasteiger partial charge >= 0.3 is 0 Å². The third-order valence-electron chi connectivity index (χ3n) is 3.46. The molecule has 0 atom stereocenters. The molecule has 0 radical (unpaired) electrons. The second kappa shape index (κ2) is 5.67. The van der Waals surface area contributed by atoms with Crippen molar-refractivity contribution >= 4 is 28.8 Å². The summed E-state index contributed by atoms with van der Waals surface area (Å²) in [5.41, 5.74) is 6.84. The number of hydrogen-bond donors (Lipinski definition) is 3. The van der Waals surface area contributed by atoms with Crippen LogP contribution in [-0.4, -0.2) is 22.6 Å². The highest BCUT2D eigenvalue weighted by Gasteiger charge is 2.52. The van der Waals surface area contributed by atoms with E-state index in [1.165, 1.54) is 0 Å². The molecule has 4 N–H and O–H groups in total. The summed E-state index contributed by atoms with van der Waals surface area (Å²) in [6.07, 6.45) is 2.98. The van der Waals surface area contributed by atoms with Crippen molar-refractivity contribution in [2.45, 2.75) is 25.7 Å². The van der Waals surface area contributed by atoms with Crippen LogP contribution in [0.2, 0.25) is 0 Å². The highest BCUT2D eigenvalue weighted by molar-refractivity contribution is 7.80. The van der Waals surface area contributed by atoms with Gasteiger partial charge in [0.25, 0.3) is 0 Å². The number of carbonyl (C=O) groups excluding carboxylic acids is 1. The maximum absolute atomic E-state index is 12.1. The Bertz CT molecular complexity index is 498. The zero-order chi connectivity index (χ0) is 13.9. The average molecular weight is 278 g/mol. The molecule has 1 fully saturated rings. The van der Waals surface area contributed by atoms with Gasteiger partial charge in [0.1, 0.15) is 0 Å². The summed E-state index contributed by atoms with van der Waals surface area (Å²) in [6, 6.07) is 7.63. The van der Waals surface area contributed by atoms with E-state index < -0.39 is 5.41 Å². The van der Waals surface area contributed by atoms with Crippen LogP contribution in [0.15, 0.2) is 24.3 Å². The number of aliphatic hydroxyl groups excluding tert-OH is 1. The van der Waals surface area contributed by atoms with E-state index in [4.69, 9.17) is 23.1 Å². The van der Waals surface area contributed by atoms with Crippen molar-refractivity contribution in [2.75, 3.05) is 11.9 Å². The van der Waals surface area contributed by atoms with Crippen LogP contribution in [0.5, 0.6) is 0 Å². The predicted octanol–water partition coefficient (Wildman–Crippen LogP) is 1.62. The highest BCUT2D eigenvalue weighted by Crippen LogP contribution is 2.46. The van der Waals surface area contributed by atoms with Crippen LogP contribution in [0.4, 0.5) is 5.69 Å². The molecule has 1 aromatic carbocycles. The number of nitrogens with two attached hydrogens (primary N) is 1. The van der Waals surface area contributed by atoms with Crippen LogP contribution in [-0.2, 0) is 11.2 Å². The molecular formula is C14H18N2O2S. The Morgan fingerprint density at radius 2 is 2.21 bits per heavy atom. The molecule has 2 rings (SSSR count). The fourth-order valence-corrected chi connectivity index (χ4v) is 2.35. The Morgan fingerprint density at radius 3 is 2.79 bits per heavy atom. The number of aryl methyl sites for hydroxylation is 1. The topological polar surface area (TPSA) is 75.4 Å². The lowest BCUT2D eigenvalue weighted by molar-refractivity contribution is -0.118. The Labute approximate surface area is 118 Å². The quantitative estimate of drug-likeness (QED) is 0.691. The summed E-state index contributed by atoms with van der Waals surface area (Å²) in [4.78, 5) is 12.4. The van der Waals surface area contributed by atoms with E-state index in [0.29, 0.717) is 6.42 Å². The Balaban J connectivity index is 2.03. The van der Waals surface area contributed by atoms with Gasteiger partial charge in [0.2, 0.25) is 5.91 Å². The largest absolute Gasteiger partial charge is 0.396 e. The van der Waals surface area contributed by atoms with E-state index in [0.717, 1.165) is 30.5 Å². The molecule has 0 saturated heterocycles. The van der Waals surface area contributed by atoms with Crippen molar-refractivity contribution in [3.8, 4) is 0 Å². The summed E-state index contributed by atoms with van der Waals surface area (Å²) in [7, 11) is 0. The third kappa shape index (κ3) is 3.11. The maximum atomic E-state index is 12.1. The standard InChI is InChI=1S/C14H18N2O2S/c15-12(19)14(6-7-14)13(18)16-11-5-1-3-10(9-11)4-2-8-17/h1,3,5,9,17H,2,4,6-8H2,(H2,15,19)(H,16,18). The van der Waals surface area contributed by atoms with Crippen LogP contribution >= 0.6 is 12.2 Å². The lowest BCUT2D eigenvalue weighted by Crippen LogP contribution is -2.35. The fraction of sp³-hybridized carbons (Fsp3) is 0.429. The van der Waals surface area contributed by atoms with Crippen LogP contribution in [0, 0.1) is 5.41 Å². The van der Waals surface area contributed by atoms with Gasteiger partial charge in [-0.15, -0.1) is 0 Å². The number of anilines is 1. The first-order valence-electron chi connectivity index (χ1n) is 6.40. The van der Waals surface area contributed by atoms with Gasteiger partial charge in [0.05, 0.1) is 10.4 Å². The first-order valence-corrected chi connectivity index (χ1v) is 6.80. The monoisotopic (exact) mass is 278 g/mol. The molecule has 0 unspecified atom stereocenters. The van der Waals surface area contributed by atoms with Crippen molar-refractivity contribution in [1.82, 2.24) is 0 Å². The summed E-state index contributed by atoms with van der Waals surface area (Å²) in [5, 5.41) is 11.7. The van der Waals surface area contributed by atoms with E-state index in [1.807, 2.05) is 24.3 Å². The van der Waals surface area contributed by atoms with Gasteiger partial charge in [0, 0.05) is 12.3 Å². The maximum Gasteiger partial charge on any atom is 0.237 e. The van der Waals surface area contributed by atoms with Crippen molar-refractivity contribution < 1.29 is 9.90 Å². The van der Waals surface area contributed by atoms with Crippen molar-refractivity contribution in [2.24, 2.45) is 11.1 Å². The number of nitrogens with one attached hydrogen (secondary N) is 1. The summed E-state index contributed by atoms with van der Waals surface area (Å²) in [6.45, 7) is 0.168. The summed E-state index contributed by atoms with van der Waals surface area (Å²) >= 11 is 4.96. The molecule has 1 aromatic rings. The minimum Gasteiger partial charge on any atom is -0.396 e. The first kappa shape index (κ1) is 14.0. The van der Waals surface area contributed by atoms with Gasteiger partial charge in [-0.25, -0.2) is 0 Å². The lowest BCUT2D eigenvalue weighted by Gasteiger charge is -2.14. The van der Waals surface area contributed by atoms with Crippen molar-refractivity contribution in [1.29, 1.82) is 0 Å². The second-order valence-corrected chi connectivity index (χ2v) is 5.37. The number of hydrogen-bond acceptors (Lipinski definition) is 3. The van der Waals surface area contributed by atoms with Gasteiger partial charge in [-0.2, -0.15) is 0 Å². The molecule has 0 heterocycles. The zero-order valence-electron chi connectivity index (χ0n) is 10.7. The SMILES string of the molecule is NC(=S)C1(C(=O)Nc2cccc(CCCO)c2)CC1. The van der Waals surface area contributed by atoms with E-state index in [9.17, 15) is 4.79 Å². The molecule has 0 aromatic heterocycles. The predicted molar refractivity (Wildman–Crippen MR) is 78.9 cm³/mol. The molecule has 4 nitrogen and oxygen atoms in total. The number of carbonyl (C=O) groups is 1. The van der Waals surface area contributed by atoms with Crippen LogP contribution in [0.1, 0.15) is 24.8 Å². The van der Waals surface area contributed by atoms with E-state index in [-0.39, 0.29) is 17.5 Å². The van der Waals surface area contributed by atoms with Gasteiger partial charge in [-0.1, -0.05) is 24.4 Å². The zero-order valence-corrected chi connectivity index (χ0v) is 11.5. The third-order valence-corrected chi connectivity index (χ3v) is 3.86. The molecule has 1 aliphatic rings. The molecule has 102 valence electrons. The molecule has 0 aliphatic heterocycles. The molecule has 19 heavy (non-hydrogen) atoms. The Kier molecular flexibility index (Phi) is 4.17. The van der Waals surface area contributed by atoms with Crippen LogP contribution in [0.25, 0.3) is 0 Å². The number of benzene rings is 1. The van der Waals surface area contributed by atoms with E-state index in [2.05, 4.69) is 5.32 Å². The fourth-order valence-electron chi connectivity index (χ4n) is 2.05. The minimum absolute atomic E-state index is 0.112. The molecule has 0 spiro atoms. The van der Waals surface area contributed by atoms with Crippen LogP contribution in [0.3, 0.4) is 0 Å². The molecule has 0 bridgehead atoms. The number of thiocarbonyl (C=S) groups is 1. The van der Waals surface area contributed by atoms with Crippen molar-refractivity contribution in [3.63, 3.8) is 0 Å². The van der Waals surface area contributed by atoms with Gasteiger partial charge in [-0.3, -0.25) is 4.79 Å². The average Bonchev–Trinajstić information content (AvgIpc) is 3.18. The molecular weight excluding hydrogens is 260 g/mol. The number of rotatable bonds is 6. The summed E-state index contributed by atoms with van der Waals surface area (Å²) < 4.78 is 0. The van der Waals surface area contributed by atoms with E-state index in [1.54, 1.807) is 0 Å². The molecule has 1 saturated carbocycles. The van der Waals surface area contributed by atoms with Gasteiger partial charge in [-0.05, 0) is 43.4 Å².